The van der Waals surface area contributed by atoms with Gasteiger partial charge in [0.25, 0.3) is 5.91 Å². The van der Waals surface area contributed by atoms with Crippen LogP contribution in [0.25, 0.3) is 0 Å². The van der Waals surface area contributed by atoms with Gasteiger partial charge in [0.2, 0.25) is 0 Å². The molecule has 0 aliphatic heterocycles. The summed E-state index contributed by atoms with van der Waals surface area (Å²) in [7, 11) is 0. The van der Waals surface area contributed by atoms with Gasteiger partial charge in [0, 0.05) is 23.6 Å². The van der Waals surface area contributed by atoms with Crippen LogP contribution in [0.2, 0.25) is 0 Å². The van der Waals surface area contributed by atoms with Crippen molar-refractivity contribution >= 4 is 38.3 Å². The van der Waals surface area contributed by atoms with Gasteiger partial charge in [-0.1, -0.05) is 12.1 Å². The number of rotatable bonds is 4. The second-order valence-corrected chi connectivity index (χ2v) is 6.43. The van der Waals surface area contributed by atoms with E-state index in [1.54, 1.807) is 24.4 Å². The molecule has 0 spiro atoms. The molecule has 0 aliphatic rings. The van der Waals surface area contributed by atoms with Gasteiger partial charge in [-0.15, -0.1) is 11.3 Å². The standard InChI is InChI=1S/C15H10BrFN2O2S/c16-13-6-10(8-21-13)14(20)19-15-18-7-12(22-15)5-9-1-3-11(17)4-2-9/h1-4,6-8H,5H2,(H,18,19,20). The number of nitrogens with one attached hydrogen (secondary N) is 1. The summed E-state index contributed by atoms with van der Waals surface area (Å²) in [6.45, 7) is 0. The number of halogens is 2. The molecular weight excluding hydrogens is 371 g/mol. The first-order valence-electron chi connectivity index (χ1n) is 6.35. The molecule has 22 heavy (non-hydrogen) atoms. The van der Waals surface area contributed by atoms with Gasteiger partial charge in [0.05, 0.1) is 5.56 Å². The number of carbonyl (C=O) groups is 1. The topological polar surface area (TPSA) is 55.1 Å². The largest absolute Gasteiger partial charge is 0.457 e. The second kappa shape index (κ2) is 6.41. The molecule has 2 aromatic heterocycles. The van der Waals surface area contributed by atoms with Crippen molar-refractivity contribution in [1.82, 2.24) is 4.98 Å². The number of aromatic nitrogens is 1. The number of benzene rings is 1. The third-order valence-corrected chi connectivity index (χ3v) is 4.22. The van der Waals surface area contributed by atoms with Crippen LogP contribution in [-0.2, 0) is 6.42 Å². The number of nitrogens with zero attached hydrogens (tertiary/aromatic N) is 1. The monoisotopic (exact) mass is 380 g/mol. The highest BCUT2D eigenvalue weighted by Gasteiger charge is 2.12. The lowest BCUT2D eigenvalue weighted by Gasteiger charge is -1.98. The molecule has 112 valence electrons. The molecule has 0 aliphatic carbocycles. The maximum Gasteiger partial charge on any atom is 0.260 e. The molecular formula is C15H10BrFN2O2S. The minimum Gasteiger partial charge on any atom is -0.457 e. The first-order valence-corrected chi connectivity index (χ1v) is 7.95. The van der Waals surface area contributed by atoms with Crippen molar-refractivity contribution < 1.29 is 13.6 Å². The van der Waals surface area contributed by atoms with Crippen molar-refractivity contribution in [2.75, 3.05) is 5.32 Å². The van der Waals surface area contributed by atoms with Crippen LogP contribution in [0.1, 0.15) is 20.8 Å². The molecule has 4 nitrogen and oxygen atoms in total. The van der Waals surface area contributed by atoms with Crippen molar-refractivity contribution in [3.05, 3.63) is 69.3 Å². The molecule has 0 radical (unpaired) electrons. The van der Waals surface area contributed by atoms with Gasteiger partial charge in [-0.2, -0.15) is 0 Å². The Morgan fingerprint density at radius 1 is 1.36 bits per heavy atom. The maximum absolute atomic E-state index is 12.9. The Morgan fingerprint density at radius 3 is 2.82 bits per heavy atom. The molecule has 2 heterocycles. The van der Waals surface area contributed by atoms with Crippen molar-refractivity contribution in [2.24, 2.45) is 0 Å². The zero-order valence-corrected chi connectivity index (χ0v) is 13.6. The Kier molecular flexibility index (Phi) is 4.35. The molecule has 0 bridgehead atoms. The van der Waals surface area contributed by atoms with Crippen LogP contribution in [0.3, 0.4) is 0 Å². The fourth-order valence-electron chi connectivity index (χ4n) is 1.85. The van der Waals surface area contributed by atoms with Crippen LogP contribution in [0.15, 0.2) is 51.9 Å². The maximum atomic E-state index is 12.9. The molecule has 0 unspecified atom stereocenters. The van der Waals surface area contributed by atoms with Gasteiger partial charge in [0.15, 0.2) is 9.80 Å². The highest BCUT2D eigenvalue weighted by Crippen LogP contribution is 2.22. The summed E-state index contributed by atoms with van der Waals surface area (Å²) in [5.74, 6) is -0.538. The van der Waals surface area contributed by atoms with Gasteiger partial charge >= 0.3 is 0 Å². The highest BCUT2D eigenvalue weighted by molar-refractivity contribution is 9.10. The Balaban J connectivity index is 1.66. The smallest absolute Gasteiger partial charge is 0.260 e. The fourth-order valence-corrected chi connectivity index (χ4v) is 3.03. The summed E-state index contributed by atoms with van der Waals surface area (Å²) in [5, 5.41) is 3.23. The lowest BCUT2D eigenvalue weighted by molar-refractivity contribution is 0.102. The van der Waals surface area contributed by atoms with E-state index < -0.39 is 0 Å². The van der Waals surface area contributed by atoms with Crippen LogP contribution >= 0.6 is 27.3 Å². The summed E-state index contributed by atoms with van der Waals surface area (Å²) in [6.07, 6.45) is 3.71. The fraction of sp³-hybridized carbons (Fsp3) is 0.0667. The Bertz CT molecular complexity index is 798. The van der Waals surface area contributed by atoms with Gasteiger partial charge in [-0.05, 0) is 33.6 Å². The predicted molar refractivity (Wildman–Crippen MR) is 85.7 cm³/mol. The van der Waals surface area contributed by atoms with Gasteiger partial charge in [-0.3, -0.25) is 10.1 Å². The third kappa shape index (κ3) is 3.61. The number of hydrogen-bond acceptors (Lipinski definition) is 4. The van der Waals surface area contributed by atoms with Crippen LogP contribution in [-0.4, -0.2) is 10.9 Å². The van der Waals surface area contributed by atoms with E-state index in [4.69, 9.17) is 4.42 Å². The van der Waals surface area contributed by atoms with Crippen molar-refractivity contribution in [3.63, 3.8) is 0 Å². The average molecular weight is 381 g/mol. The van der Waals surface area contributed by atoms with Gasteiger partial charge in [-0.25, -0.2) is 9.37 Å². The molecule has 0 saturated carbocycles. The number of amides is 1. The van der Waals surface area contributed by atoms with Gasteiger partial charge in [0.1, 0.15) is 12.1 Å². The van der Waals surface area contributed by atoms with Gasteiger partial charge < -0.3 is 4.42 Å². The van der Waals surface area contributed by atoms with E-state index in [0.717, 1.165) is 10.4 Å². The van der Waals surface area contributed by atoms with Crippen molar-refractivity contribution in [2.45, 2.75) is 6.42 Å². The molecule has 0 atom stereocenters. The molecule has 7 heteroatoms. The molecule has 3 rings (SSSR count). The number of hydrogen-bond donors (Lipinski definition) is 1. The highest BCUT2D eigenvalue weighted by atomic mass is 79.9. The van der Waals surface area contributed by atoms with Crippen LogP contribution < -0.4 is 5.32 Å². The van der Waals surface area contributed by atoms with E-state index in [9.17, 15) is 9.18 Å². The number of anilines is 1. The lowest BCUT2D eigenvalue weighted by atomic mass is 10.1. The predicted octanol–water partition coefficient (Wildman–Crippen LogP) is 4.48. The number of furan rings is 1. The summed E-state index contributed by atoms with van der Waals surface area (Å²) in [6, 6.07) is 7.90. The molecule has 0 saturated heterocycles. The van der Waals surface area contributed by atoms with E-state index in [0.29, 0.717) is 21.8 Å². The quantitative estimate of drug-likeness (QED) is 0.725. The molecule has 1 N–H and O–H groups in total. The molecule has 0 fully saturated rings. The second-order valence-electron chi connectivity index (χ2n) is 4.53. The number of thiazole rings is 1. The first-order chi connectivity index (χ1) is 10.6. The first kappa shape index (κ1) is 14.9. The van der Waals surface area contributed by atoms with Crippen LogP contribution in [0.5, 0.6) is 0 Å². The van der Waals surface area contributed by atoms with E-state index >= 15 is 0 Å². The van der Waals surface area contributed by atoms with E-state index in [1.807, 2.05) is 0 Å². The molecule has 1 amide bonds. The summed E-state index contributed by atoms with van der Waals surface area (Å²) < 4.78 is 18.4. The van der Waals surface area contributed by atoms with E-state index in [2.05, 4.69) is 26.2 Å². The minimum atomic E-state index is -0.280. The molecule has 3 aromatic rings. The normalized spacial score (nSPS) is 10.6. The zero-order valence-electron chi connectivity index (χ0n) is 11.2. The van der Waals surface area contributed by atoms with Crippen LogP contribution in [0.4, 0.5) is 9.52 Å². The average Bonchev–Trinajstić information content (AvgIpc) is 3.11. The van der Waals surface area contributed by atoms with E-state index in [1.165, 1.54) is 29.7 Å². The Labute approximate surface area is 138 Å². The zero-order chi connectivity index (χ0) is 15.5. The number of carbonyl (C=O) groups excluding carboxylic acids is 1. The van der Waals surface area contributed by atoms with E-state index in [-0.39, 0.29) is 11.7 Å². The minimum absolute atomic E-state index is 0.257. The lowest BCUT2D eigenvalue weighted by Crippen LogP contribution is -2.10. The Hall–Kier alpha value is -1.99. The van der Waals surface area contributed by atoms with Crippen LogP contribution in [0, 0.1) is 5.82 Å². The Morgan fingerprint density at radius 2 is 2.14 bits per heavy atom. The summed E-state index contributed by atoms with van der Waals surface area (Å²) in [4.78, 5) is 17.1. The van der Waals surface area contributed by atoms with Crippen molar-refractivity contribution in [3.8, 4) is 0 Å². The summed E-state index contributed by atoms with van der Waals surface area (Å²) in [5.41, 5.74) is 1.41. The molecule has 1 aromatic carbocycles. The summed E-state index contributed by atoms with van der Waals surface area (Å²) >= 11 is 4.53. The van der Waals surface area contributed by atoms with Crippen molar-refractivity contribution in [1.29, 1.82) is 0 Å². The third-order valence-electron chi connectivity index (χ3n) is 2.90. The SMILES string of the molecule is O=C(Nc1ncc(Cc2ccc(F)cc2)s1)c1coc(Br)c1.